The number of para-hydroxylation sites is 1. The summed E-state index contributed by atoms with van der Waals surface area (Å²) in [6.45, 7) is 3.77. The molecule has 0 bridgehead atoms. The first-order chi connectivity index (χ1) is 8.75. The Labute approximate surface area is 107 Å². The first-order valence-electron chi connectivity index (χ1n) is 5.74. The van der Waals surface area contributed by atoms with Gasteiger partial charge < -0.3 is 4.74 Å². The topological polar surface area (TPSA) is 26.3 Å². The molecule has 0 aliphatic heterocycles. The van der Waals surface area contributed by atoms with E-state index in [2.05, 4.69) is 6.58 Å². The fourth-order valence-corrected chi connectivity index (χ4v) is 1.58. The Balaban J connectivity index is 1.96. The third-order valence-corrected chi connectivity index (χ3v) is 2.50. The molecule has 0 aliphatic rings. The lowest BCUT2D eigenvalue weighted by Gasteiger charge is -2.06. The van der Waals surface area contributed by atoms with Gasteiger partial charge in [0, 0.05) is 12.0 Å². The van der Waals surface area contributed by atoms with Crippen LogP contribution in [0.15, 0.2) is 72.8 Å². The molecule has 0 atom stereocenters. The molecule has 0 spiro atoms. The van der Waals surface area contributed by atoms with Crippen LogP contribution in [0.3, 0.4) is 0 Å². The van der Waals surface area contributed by atoms with Gasteiger partial charge in [-0.15, -0.1) is 0 Å². The maximum absolute atomic E-state index is 11.8. The SMILES string of the molecule is C=C(Cc1ccccc1)C(=O)Oc1ccccc1. The van der Waals surface area contributed by atoms with Crippen molar-refractivity contribution in [2.75, 3.05) is 0 Å². The Morgan fingerprint density at radius 1 is 0.944 bits per heavy atom. The molecule has 18 heavy (non-hydrogen) atoms. The maximum Gasteiger partial charge on any atom is 0.339 e. The van der Waals surface area contributed by atoms with E-state index >= 15 is 0 Å². The lowest BCUT2D eigenvalue weighted by Crippen LogP contribution is -2.12. The standard InChI is InChI=1S/C16H14O2/c1-13(12-14-8-4-2-5-9-14)16(17)18-15-10-6-3-7-11-15/h2-11H,1,12H2. The molecule has 0 amide bonds. The van der Waals surface area contributed by atoms with Crippen LogP contribution in [0, 0.1) is 0 Å². The predicted molar refractivity (Wildman–Crippen MR) is 71.4 cm³/mol. The second-order valence-electron chi connectivity index (χ2n) is 3.97. The van der Waals surface area contributed by atoms with Crippen LogP contribution in [0.2, 0.25) is 0 Å². The van der Waals surface area contributed by atoms with Crippen LogP contribution in [-0.4, -0.2) is 5.97 Å². The number of benzene rings is 2. The van der Waals surface area contributed by atoms with E-state index in [9.17, 15) is 4.79 Å². The molecular formula is C16H14O2. The average molecular weight is 238 g/mol. The lowest BCUT2D eigenvalue weighted by molar-refractivity contribution is -0.130. The third-order valence-electron chi connectivity index (χ3n) is 2.50. The molecule has 2 aromatic carbocycles. The van der Waals surface area contributed by atoms with Crippen molar-refractivity contribution >= 4 is 5.97 Å². The highest BCUT2D eigenvalue weighted by atomic mass is 16.5. The van der Waals surface area contributed by atoms with Crippen LogP contribution in [0.25, 0.3) is 0 Å². The molecule has 2 aromatic rings. The number of carbonyl (C=O) groups excluding carboxylic acids is 1. The summed E-state index contributed by atoms with van der Waals surface area (Å²) >= 11 is 0. The number of rotatable bonds is 4. The summed E-state index contributed by atoms with van der Waals surface area (Å²) in [6, 6.07) is 18.7. The van der Waals surface area contributed by atoms with Gasteiger partial charge in [-0.2, -0.15) is 0 Å². The fraction of sp³-hybridized carbons (Fsp3) is 0.0625. The highest BCUT2D eigenvalue weighted by Gasteiger charge is 2.10. The lowest BCUT2D eigenvalue weighted by atomic mass is 10.1. The summed E-state index contributed by atoms with van der Waals surface area (Å²) in [5.74, 6) is 0.154. The Hall–Kier alpha value is -2.35. The van der Waals surface area contributed by atoms with Crippen LogP contribution in [-0.2, 0) is 11.2 Å². The summed E-state index contributed by atoms with van der Waals surface area (Å²) in [4.78, 5) is 11.8. The zero-order valence-electron chi connectivity index (χ0n) is 10.0. The molecule has 0 heterocycles. The minimum absolute atomic E-state index is 0.384. The van der Waals surface area contributed by atoms with Crippen LogP contribution in [0.5, 0.6) is 5.75 Å². The quantitative estimate of drug-likeness (QED) is 0.463. The van der Waals surface area contributed by atoms with Crippen LogP contribution < -0.4 is 4.74 Å². The molecule has 0 aromatic heterocycles. The Morgan fingerprint density at radius 2 is 1.50 bits per heavy atom. The van der Waals surface area contributed by atoms with Crippen molar-refractivity contribution in [3.05, 3.63) is 78.4 Å². The monoisotopic (exact) mass is 238 g/mol. The van der Waals surface area contributed by atoms with Crippen molar-refractivity contribution in [2.24, 2.45) is 0 Å². The van der Waals surface area contributed by atoms with Crippen molar-refractivity contribution in [3.63, 3.8) is 0 Å². The molecule has 0 fully saturated rings. The van der Waals surface area contributed by atoms with Gasteiger partial charge in [-0.3, -0.25) is 0 Å². The molecule has 2 rings (SSSR count). The molecule has 90 valence electrons. The van der Waals surface area contributed by atoms with Gasteiger partial charge in [0.1, 0.15) is 5.75 Å². The van der Waals surface area contributed by atoms with E-state index in [1.807, 2.05) is 48.5 Å². The number of hydrogen-bond acceptors (Lipinski definition) is 2. The first kappa shape index (κ1) is 12.1. The number of ether oxygens (including phenoxy) is 1. The minimum Gasteiger partial charge on any atom is -0.423 e. The third kappa shape index (κ3) is 3.32. The fourth-order valence-electron chi connectivity index (χ4n) is 1.58. The summed E-state index contributed by atoms with van der Waals surface area (Å²) in [5.41, 5.74) is 1.50. The molecular weight excluding hydrogens is 224 g/mol. The number of hydrogen-bond donors (Lipinski definition) is 0. The molecule has 2 nitrogen and oxygen atoms in total. The first-order valence-corrected chi connectivity index (χ1v) is 5.74. The van der Waals surface area contributed by atoms with E-state index in [0.29, 0.717) is 17.7 Å². The smallest absolute Gasteiger partial charge is 0.339 e. The Morgan fingerprint density at radius 3 is 2.11 bits per heavy atom. The van der Waals surface area contributed by atoms with Crippen molar-refractivity contribution in [1.82, 2.24) is 0 Å². The predicted octanol–water partition coefficient (Wildman–Crippen LogP) is 3.39. The van der Waals surface area contributed by atoms with Gasteiger partial charge in [0.15, 0.2) is 0 Å². The van der Waals surface area contributed by atoms with Crippen LogP contribution >= 0.6 is 0 Å². The normalized spacial score (nSPS) is 9.78. The summed E-state index contributed by atoms with van der Waals surface area (Å²) in [6.07, 6.45) is 0.506. The number of carbonyl (C=O) groups is 1. The Bertz CT molecular complexity index is 478. The second-order valence-corrected chi connectivity index (χ2v) is 3.97. The van der Waals surface area contributed by atoms with Gasteiger partial charge in [-0.25, -0.2) is 4.79 Å². The van der Waals surface area contributed by atoms with Crippen molar-refractivity contribution in [1.29, 1.82) is 0 Å². The van der Waals surface area contributed by atoms with E-state index in [1.165, 1.54) is 0 Å². The van der Waals surface area contributed by atoms with Gasteiger partial charge >= 0.3 is 5.97 Å². The molecule has 0 aliphatic carbocycles. The van der Waals surface area contributed by atoms with Crippen molar-refractivity contribution in [3.8, 4) is 5.75 Å². The highest BCUT2D eigenvalue weighted by Crippen LogP contribution is 2.13. The van der Waals surface area contributed by atoms with Gasteiger partial charge in [-0.05, 0) is 17.7 Å². The van der Waals surface area contributed by atoms with E-state index < -0.39 is 0 Å². The van der Waals surface area contributed by atoms with E-state index in [-0.39, 0.29) is 5.97 Å². The molecule has 0 saturated heterocycles. The number of esters is 1. The molecule has 0 unspecified atom stereocenters. The van der Waals surface area contributed by atoms with Crippen LogP contribution in [0.4, 0.5) is 0 Å². The molecule has 0 N–H and O–H groups in total. The molecule has 0 saturated carbocycles. The van der Waals surface area contributed by atoms with Crippen molar-refractivity contribution < 1.29 is 9.53 Å². The summed E-state index contributed by atoms with van der Waals surface area (Å²) in [5, 5.41) is 0. The zero-order chi connectivity index (χ0) is 12.8. The van der Waals surface area contributed by atoms with Gasteiger partial charge in [0.2, 0.25) is 0 Å². The highest BCUT2D eigenvalue weighted by molar-refractivity contribution is 5.89. The van der Waals surface area contributed by atoms with E-state index in [4.69, 9.17) is 4.74 Å². The summed E-state index contributed by atoms with van der Waals surface area (Å²) < 4.78 is 5.21. The largest absolute Gasteiger partial charge is 0.423 e. The van der Waals surface area contributed by atoms with Gasteiger partial charge in [0.05, 0.1) is 0 Å². The van der Waals surface area contributed by atoms with E-state index in [0.717, 1.165) is 5.56 Å². The van der Waals surface area contributed by atoms with E-state index in [1.54, 1.807) is 12.1 Å². The zero-order valence-corrected chi connectivity index (χ0v) is 10.0. The maximum atomic E-state index is 11.8. The van der Waals surface area contributed by atoms with Gasteiger partial charge in [0.25, 0.3) is 0 Å². The van der Waals surface area contributed by atoms with Crippen LogP contribution in [0.1, 0.15) is 5.56 Å². The average Bonchev–Trinajstić information content (AvgIpc) is 2.41. The molecule has 2 heteroatoms. The Kier molecular flexibility index (Phi) is 3.92. The van der Waals surface area contributed by atoms with Crippen molar-refractivity contribution in [2.45, 2.75) is 6.42 Å². The summed E-state index contributed by atoms with van der Waals surface area (Å²) in [7, 11) is 0. The minimum atomic E-state index is -0.384. The molecule has 0 radical (unpaired) electrons. The van der Waals surface area contributed by atoms with Gasteiger partial charge in [-0.1, -0.05) is 55.1 Å². The second kappa shape index (κ2) is 5.82.